The van der Waals surface area contributed by atoms with E-state index in [1.165, 1.54) is 19.3 Å². The second-order valence-electron chi connectivity index (χ2n) is 2.56. The number of aliphatic carboxylic acids is 1. The van der Waals surface area contributed by atoms with E-state index < -0.39 is 5.97 Å². The van der Waals surface area contributed by atoms with Crippen molar-refractivity contribution >= 4 is 84.6 Å². The number of rotatable bonds is 6. The standard InChI is InChI=1S/C8H16O2.3Bi.9H/c1-2-3-4-5-6-7-8(9)10;;;;;;;;;;;;/h2-7H2,1H3,(H,9,10);;;;;;;;;;;;. The zero-order valence-electron chi connectivity index (χ0n) is 8.72. The monoisotopic (exact) mass is 780 g/mol. The summed E-state index contributed by atoms with van der Waals surface area (Å²) in [6.45, 7) is 2.15. The molecule has 0 aromatic rings. The van der Waals surface area contributed by atoms with Gasteiger partial charge in [0, 0.05) is 6.42 Å². The van der Waals surface area contributed by atoms with Gasteiger partial charge in [0.15, 0.2) is 0 Å². The fraction of sp³-hybridized carbons (Fsp3) is 0.875. The van der Waals surface area contributed by atoms with E-state index in [1.807, 2.05) is 0 Å². The van der Waals surface area contributed by atoms with Gasteiger partial charge in [0.2, 0.25) is 0 Å². The maximum absolute atomic E-state index is 10.0. The van der Waals surface area contributed by atoms with Gasteiger partial charge in [0.1, 0.15) is 0 Å². The number of unbranched alkanes of at least 4 members (excludes halogenated alkanes) is 4. The van der Waals surface area contributed by atoms with E-state index in [1.54, 1.807) is 0 Å². The Kier molecular flexibility index (Phi) is 36.9. The van der Waals surface area contributed by atoms with E-state index >= 15 is 0 Å². The number of hydrogen-bond acceptors (Lipinski definition) is 1. The summed E-state index contributed by atoms with van der Waals surface area (Å²) in [4.78, 5) is 10.0. The Morgan fingerprint density at radius 2 is 1.46 bits per heavy atom. The van der Waals surface area contributed by atoms with Gasteiger partial charge in [-0.05, 0) is 6.42 Å². The van der Waals surface area contributed by atoms with Crippen LogP contribution < -0.4 is 0 Å². The van der Waals surface area contributed by atoms with E-state index in [0.717, 1.165) is 12.8 Å². The van der Waals surface area contributed by atoms with Crippen molar-refractivity contribution in [2.45, 2.75) is 45.4 Å². The molecule has 0 saturated heterocycles. The summed E-state index contributed by atoms with van der Waals surface area (Å²) in [5.41, 5.74) is 0. The van der Waals surface area contributed by atoms with Gasteiger partial charge in [-0.2, -0.15) is 0 Å². The van der Waals surface area contributed by atoms with Crippen LogP contribution in [0.1, 0.15) is 45.4 Å². The predicted octanol–water partition coefficient (Wildman–Crippen LogP) is -1.12. The molecule has 0 fully saturated rings. The maximum atomic E-state index is 10.0. The summed E-state index contributed by atoms with van der Waals surface area (Å²) in [6, 6.07) is 0. The average molecular weight is 780 g/mol. The van der Waals surface area contributed by atoms with Gasteiger partial charge in [-0.3, -0.25) is 4.79 Å². The summed E-state index contributed by atoms with van der Waals surface area (Å²) < 4.78 is 0. The third-order valence-corrected chi connectivity index (χ3v) is 1.49. The summed E-state index contributed by atoms with van der Waals surface area (Å²) in [6.07, 6.45) is 5.88. The summed E-state index contributed by atoms with van der Waals surface area (Å²) in [5, 5.41) is 8.27. The molecule has 0 aliphatic carbocycles. The Labute approximate surface area is 138 Å². The van der Waals surface area contributed by atoms with Crippen LogP contribution in [0.25, 0.3) is 0 Å². The number of carbonyl (C=O) groups is 1. The van der Waals surface area contributed by atoms with Crippen LogP contribution in [0, 0.1) is 0 Å². The predicted molar refractivity (Wildman–Crippen MR) is 70.8 cm³/mol. The molecular formula is C8H25Bi3O2. The molecule has 84 valence electrons. The van der Waals surface area contributed by atoms with E-state index in [-0.39, 0.29) is 78.6 Å². The van der Waals surface area contributed by atoms with Crippen LogP contribution in [0.5, 0.6) is 0 Å². The molecule has 2 nitrogen and oxygen atoms in total. The molecule has 1 N–H and O–H groups in total. The minimum absolute atomic E-state index is 0. The molecule has 0 spiro atoms. The fourth-order valence-electron chi connectivity index (χ4n) is 0.880. The van der Waals surface area contributed by atoms with Crippen LogP contribution in [-0.4, -0.2) is 89.7 Å². The van der Waals surface area contributed by atoms with Crippen LogP contribution in [0.3, 0.4) is 0 Å². The molecule has 0 radical (unpaired) electrons. The fourth-order valence-corrected chi connectivity index (χ4v) is 0.880. The second-order valence-corrected chi connectivity index (χ2v) is 2.56. The minimum atomic E-state index is -0.670. The first-order valence-corrected chi connectivity index (χ1v) is 3.99. The number of hydrogen-bond donors (Lipinski definition) is 1. The van der Waals surface area contributed by atoms with Crippen molar-refractivity contribution in [2.24, 2.45) is 0 Å². The molecule has 0 unspecified atom stereocenters. The van der Waals surface area contributed by atoms with Crippen molar-refractivity contribution in [2.75, 3.05) is 0 Å². The molecule has 0 rings (SSSR count). The molecule has 0 saturated carbocycles. The first-order valence-electron chi connectivity index (χ1n) is 3.99. The number of carboxylic acids is 1. The van der Waals surface area contributed by atoms with E-state index in [2.05, 4.69) is 6.92 Å². The number of carboxylic acid groups (broad SMARTS) is 1. The third kappa shape index (κ3) is 24.9. The zero-order valence-corrected chi connectivity index (χ0v) is 25.2. The van der Waals surface area contributed by atoms with Gasteiger partial charge in [0.25, 0.3) is 0 Å². The van der Waals surface area contributed by atoms with E-state index in [4.69, 9.17) is 5.11 Å². The molecule has 0 aromatic heterocycles. The molecule has 0 atom stereocenters. The van der Waals surface area contributed by atoms with Crippen LogP contribution in [-0.2, 0) is 4.79 Å². The molecule has 0 aromatic carbocycles. The summed E-state index contributed by atoms with van der Waals surface area (Å²) in [5.74, 6) is -0.670. The van der Waals surface area contributed by atoms with Gasteiger partial charge in [0.05, 0.1) is 0 Å². The van der Waals surface area contributed by atoms with Crippen molar-refractivity contribution in [1.29, 1.82) is 0 Å². The Hall–Kier alpha value is 2.12. The van der Waals surface area contributed by atoms with Crippen molar-refractivity contribution in [3.63, 3.8) is 0 Å². The normalized spacial score (nSPS) is 7.46. The van der Waals surface area contributed by atoms with Gasteiger partial charge in [-0.1, -0.05) is 32.6 Å². The van der Waals surface area contributed by atoms with Crippen molar-refractivity contribution in [3.05, 3.63) is 0 Å². The molecule has 0 amide bonds. The third-order valence-electron chi connectivity index (χ3n) is 1.49. The first kappa shape index (κ1) is 24.4. The first-order chi connectivity index (χ1) is 4.77. The topological polar surface area (TPSA) is 37.3 Å². The molecule has 0 aliphatic heterocycles. The second kappa shape index (κ2) is 19.7. The van der Waals surface area contributed by atoms with Crippen molar-refractivity contribution in [1.82, 2.24) is 0 Å². The van der Waals surface area contributed by atoms with Crippen LogP contribution in [0.15, 0.2) is 0 Å². The molecule has 0 aliphatic rings. The van der Waals surface area contributed by atoms with E-state index in [9.17, 15) is 4.79 Å². The van der Waals surface area contributed by atoms with Crippen molar-refractivity contribution in [3.8, 4) is 0 Å². The molecule has 5 heteroatoms. The molecule has 0 heterocycles. The van der Waals surface area contributed by atoms with Gasteiger partial charge in [-0.25, -0.2) is 0 Å². The Morgan fingerprint density at radius 3 is 1.85 bits per heavy atom. The van der Waals surface area contributed by atoms with Crippen LogP contribution in [0.4, 0.5) is 0 Å². The average Bonchev–Trinajstić information content (AvgIpc) is 1.87. The SMILES string of the molecule is CCCCCCCC(=O)O.[BiH3].[BiH3].[BiH3]. The molecular weight excluding hydrogens is 755 g/mol. The van der Waals surface area contributed by atoms with Gasteiger partial charge >= 0.3 is 84.6 Å². The Morgan fingerprint density at radius 1 is 1.00 bits per heavy atom. The Bertz CT molecular complexity index is 99.4. The van der Waals surface area contributed by atoms with Gasteiger partial charge < -0.3 is 5.11 Å². The molecule has 13 heavy (non-hydrogen) atoms. The summed E-state index contributed by atoms with van der Waals surface area (Å²) >= 11 is 0. The molecule has 0 bridgehead atoms. The van der Waals surface area contributed by atoms with Gasteiger partial charge in [-0.15, -0.1) is 0 Å². The quantitative estimate of drug-likeness (QED) is 0.275. The Balaban J connectivity index is -0.000000135. The van der Waals surface area contributed by atoms with Crippen molar-refractivity contribution < 1.29 is 9.90 Å². The summed E-state index contributed by atoms with van der Waals surface area (Å²) in [7, 11) is 0. The van der Waals surface area contributed by atoms with Crippen LogP contribution >= 0.6 is 0 Å². The van der Waals surface area contributed by atoms with Crippen LogP contribution in [0.2, 0.25) is 0 Å². The zero-order chi connectivity index (χ0) is 7.82. The van der Waals surface area contributed by atoms with E-state index in [0.29, 0.717) is 6.42 Å².